The predicted octanol–water partition coefficient (Wildman–Crippen LogP) is 3.19. The highest BCUT2D eigenvalue weighted by molar-refractivity contribution is 5.96. The maximum Gasteiger partial charge on any atom is 0.509 e. The van der Waals surface area contributed by atoms with Gasteiger partial charge in [-0.25, -0.2) is 19.2 Å². The molecule has 12 atom stereocenters. The zero-order valence-corrected chi connectivity index (χ0v) is 35.7. The maximum atomic E-state index is 15.6. The summed E-state index contributed by atoms with van der Waals surface area (Å²) in [5, 5.41) is 26.0. The summed E-state index contributed by atoms with van der Waals surface area (Å²) in [5.74, 6) is -6.64. The van der Waals surface area contributed by atoms with Gasteiger partial charge in [0.15, 0.2) is 41.9 Å². The van der Waals surface area contributed by atoms with Crippen LogP contribution in [-0.2, 0) is 57.1 Å². The van der Waals surface area contributed by atoms with Gasteiger partial charge >= 0.3 is 36.1 Å². The Hall–Kier alpha value is -5.33. The molecule has 18 heteroatoms. The fraction of sp³-hybridized carbons (Fsp3) is 0.605. The summed E-state index contributed by atoms with van der Waals surface area (Å²) in [6.07, 6.45) is -12.0. The third-order valence-electron chi connectivity index (χ3n) is 12.6. The summed E-state index contributed by atoms with van der Waals surface area (Å²) in [4.78, 5) is 96.8. The van der Waals surface area contributed by atoms with E-state index < -0.39 is 124 Å². The Morgan fingerprint density at radius 2 is 1.64 bits per heavy atom. The second kappa shape index (κ2) is 15.9. The first-order valence-electron chi connectivity index (χ1n) is 20.0. The smallest absolute Gasteiger partial charge is 0.454 e. The van der Waals surface area contributed by atoms with E-state index in [0.29, 0.717) is 0 Å². The number of esters is 4. The van der Waals surface area contributed by atoms with Crippen molar-refractivity contribution in [3.8, 4) is 0 Å². The zero-order chi connectivity index (χ0) is 45.2. The molecule has 5 aliphatic rings. The molecule has 2 unspecified atom stereocenters. The normalized spacial score (nSPS) is 34.6. The van der Waals surface area contributed by atoms with Crippen molar-refractivity contribution in [3.63, 3.8) is 0 Å². The highest BCUT2D eigenvalue weighted by Gasteiger charge is 2.83. The number of fused-ring (bicyclic) bond motifs is 4. The first kappa shape index (κ1) is 45.2. The molecule has 2 saturated heterocycles. The van der Waals surface area contributed by atoms with Crippen LogP contribution in [0.25, 0.3) is 0 Å². The van der Waals surface area contributed by atoms with Crippen LogP contribution in [0.4, 0.5) is 9.59 Å². The van der Waals surface area contributed by atoms with E-state index in [2.05, 4.69) is 5.32 Å². The molecule has 2 heterocycles. The number of alkyl carbamates (subject to hydrolysis) is 1. The van der Waals surface area contributed by atoms with E-state index in [1.807, 2.05) is 0 Å². The van der Waals surface area contributed by atoms with Gasteiger partial charge in [-0.2, -0.15) is 0 Å². The Labute approximate surface area is 352 Å². The molecule has 2 aliphatic heterocycles. The van der Waals surface area contributed by atoms with Crippen molar-refractivity contribution in [2.24, 2.45) is 16.7 Å². The molecule has 18 nitrogen and oxygen atoms in total. The number of Topliss-reactive ketones (excluding diaryl/α,β-unsaturated/α-hetero) is 1. The van der Waals surface area contributed by atoms with Crippen molar-refractivity contribution < 1.29 is 81.7 Å². The van der Waals surface area contributed by atoms with Crippen LogP contribution >= 0.6 is 0 Å². The number of allylic oxidation sites excluding steroid dienone is 1. The number of nitrogens with one attached hydrogen (secondary N) is 1. The van der Waals surface area contributed by atoms with E-state index in [4.69, 9.17) is 37.9 Å². The number of ether oxygens (including phenoxy) is 8. The van der Waals surface area contributed by atoms with Gasteiger partial charge < -0.3 is 53.4 Å². The van der Waals surface area contributed by atoms with Gasteiger partial charge in [0.25, 0.3) is 0 Å². The van der Waals surface area contributed by atoms with Crippen molar-refractivity contribution in [2.45, 2.75) is 141 Å². The lowest BCUT2D eigenvalue weighted by atomic mass is 9.44. The predicted molar refractivity (Wildman–Crippen MR) is 207 cm³/mol. The van der Waals surface area contributed by atoms with Crippen LogP contribution in [0.3, 0.4) is 0 Å². The van der Waals surface area contributed by atoms with Crippen LogP contribution in [0.1, 0.15) is 86.0 Å². The number of carbonyl (C=O) groups is 7. The molecule has 6 rings (SSSR count). The van der Waals surface area contributed by atoms with E-state index in [9.17, 15) is 39.0 Å². The van der Waals surface area contributed by atoms with Crippen LogP contribution < -0.4 is 5.32 Å². The molecule has 2 saturated carbocycles. The number of benzene rings is 1. The van der Waals surface area contributed by atoms with E-state index >= 15 is 4.79 Å². The quantitative estimate of drug-likeness (QED) is 0.183. The maximum absolute atomic E-state index is 15.6. The SMILES string of the molecule is C/C=C/[C@H](NC(=O)OC(C)(C)C)[C@@H](O)C(=O)O[C@@H]1C(C)=C2[C@@H](OC(C)=O)C(=O)[C@@]3(C)C(C(OC(=O)c4ccccc4)[C@@]4(OC(=O)O[C@@H]14)C2(C)C)[C@]1(OC(C)=O)CO[C@@H]1C[C@@H]3O. The summed E-state index contributed by atoms with van der Waals surface area (Å²) in [5.41, 5.74) is -9.06. The molecular formula is C43H53NO17. The first-order chi connectivity index (χ1) is 28.4. The minimum Gasteiger partial charge on any atom is -0.454 e. The summed E-state index contributed by atoms with van der Waals surface area (Å²) < 4.78 is 47.8. The number of ketones is 1. The van der Waals surface area contributed by atoms with Crippen molar-refractivity contribution >= 4 is 41.9 Å². The summed E-state index contributed by atoms with van der Waals surface area (Å²) in [6.45, 7) is 14.1. The van der Waals surface area contributed by atoms with Crippen molar-refractivity contribution in [1.29, 1.82) is 0 Å². The average Bonchev–Trinajstić information content (AvgIpc) is 3.52. The zero-order valence-electron chi connectivity index (χ0n) is 35.7. The molecule has 0 radical (unpaired) electrons. The van der Waals surface area contributed by atoms with E-state index in [1.54, 1.807) is 45.9 Å². The monoisotopic (exact) mass is 855 g/mol. The van der Waals surface area contributed by atoms with Gasteiger partial charge in [-0.05, 0) is 64.8 Å². The van der Waals surface area contributed by atoms with Gasteiger partial charge in [-0.1, -0.05) is 44.2 Å². The number of aliphatic hydroxyl groups is 2. The second-order valence-electron chi connectivity index (χ2n) is 17.8. The van der Waals surface area contributed by atoms with Crippen LogP contribution in [0.5, 0.6) is 0 Å². The van der Waals surface area contributed by atoms with E-state index in [-0.39, 0.29) is 29.7 Å². The highest BCUT2D eigenvalue weighted by atomic mass is 16.8. The lowest BCUT2D eigenvalue weighted by Crippen LogP contribution is -2.83. The molecule has 1 aromatic carbocycles. The van der Waals surface area contributed by atoms with Gasteiger partial charge in [0.2, 0.25) is 5.60 Å². The van der Waals surface area contributed by atoms with Gasteiger partial charge in [0.1, 0.15) is 11.7 Å². The number of carbonyl (C=O) groups excluding carboxylic acids is 7. The second-order valence-corrected chi connectivity index (χ2v) is 17.8. The molecule has 1 amide bonds. The summed E-state index contributed by atoms with van der Waals surface area (Å²) >= 11 is 0. The van der Waals surface area contributed by atoms with Crippen LogP contribution in [-0.4, -0.2) is 124 Å². The Morgan fingerprint density at radius 1 is 0.984 bits per heavy atom. The van der Waals surface area contributed by atoms with E-state index in [1.165, 1.54) is 52.0 Å². The Morgan fingerprint density at radius 3 is 2.20 bits per heavy atom. The number of amides is 1. The molecule has 332 valence electrons. The lowest BCUT2D eigenvalue weighted by Gasteiger charge is -2.67. The average molecular weight is 856 g/mol. The van der Waals surface area contributed by atoms with Crippen molar-refractivity contribution in [2.75, 3.05) is 6.61 Å². The molecule has 4 fully saturated rings. The van der Waals surface area contributed by atoms with Crippen molar-refractivity contribution in [1.82, 2.24) is 5.32 Å². The molecule has 61 heavy (non-hydrogen) atoms. The van der Waals surface area contributed by atoms with Gasteiger partial charge in [-0.15, -0.1) is 0 Å². The first-order valence-corrected chi connectivity index (χ1v) is 20.0. The summed E-state index contributed by atoms with van der Waals surface area (Å²) in [6, 6.07) is 6.28. The number of hydrogen-bond donors (Lipinski definition) is 3. The molecule has 1 aromatic rings. The fourth-order valence-electron chi connectivity index (χ4n) is 10.0. The Bertz CT molecular complexity index is 2050. The van der Waals surface area contributed by atoms with E-state index in [0.717, 1.165) is 13.8 Å². The number of hydrogen-bond acceptors (Lipinski definition) is 17. The third kappa shape index (κ3) is 7.35. The minimum atomic E-state index is -2.37. The minimum absolute atomic E-state index is 0.0202. The molecule has 0 aromatic heterocycles. The molecule has 1 spiro atoms. The van der Waals surface area contributed by atoms with Gasteiger partial charge in [-0.3, -0.25) is 14.4 Å². The molecular weight excluding hydrogens is 802 g/mol. The van der Waals surface area contributed by atoms with Gasteiger partial charge in [0.05, 0.1) is 35.6 Å². The molecule has 3 aliphatic carbocycles. The van der Waals surface area contributed by atoms with Crippen molar-refractivity contribution in [3.05, 3.63) is 59.2 Å². The topological polar surface area (TPSA) is 246 Å². The van der Waals surface area contributed by atoms with Crippen LogP contribution in [0.15, 0.2) is 53.6 Å². The standard InChI is InChI=1S/C43H53NO17/c1-11-15-24(44-37(52)60-39(5,6)7)28(48)36(51)56-29-20(2)27-30(55-21(3)45)32(49)41(10)25(47)18-26-42(19-54-26,59-22(4)46)31(41)34(57-35(50)23-16-13-12-14-17-23)43(40(27,8)9)33(29)58-38(53)61-43/h11-17,24-26,28-31,33-34,47-48H,18-19H2,1-10H3,(H,44,52)/b15-11+/t24-,25-,26+,28+,29+,30+,31?,33-,34?,41+,42-,43+/m0/s1. The lowest BCUT2D eigenvalue weighted by molar-refractivity contribution is -0.345. The highest BCUT2D eigenvalue weighted by Crippen LogP contribution is 2.66. The van der Waals surface area contributed by atoms with Gasteiger partial charge in [0, 0.05) is 25.7 Å². The van der Waals surface area contributed by atoms with Crippen LogP contribution in [0.2, 0.25) is 0 Å². The number of aliphatic hydroxyl groups excluding tert-OH is 2. The third-order valence-corrected chi connectivity index (χ3v) is 12.6. The summed E-state index contributed by atoms with van der Waals surface area (Å²) in [7, 11) is 0. The molecule has 3 N–H and O–H groups in total. The van der Waals surface area contributed by atoms with Crippen LogP contribution in [0, 0.1) is 16.7 Å². The fourth-order valence-corrected chi connectivity index (χ4v) is 10.0. The number of rotatable bonds is 9. The Kier molecular flexibility index (Phi) is 11.7. The Balaban J connectivity index is 1.62. The largest absolute Gasteiger partial charge is 0.509 e. The molecule has 2 bridgehead atoms.